The van der Waals surface area contributed by atoms with E-state index in [0.717, 1.165) is 24.0 Å². The van der Waals surface area contributed by atoms with Crippen molar-refractivity contribution >= 4 is 23.4 Å². The lowest BCUT2D eigenvalue weighted by Gasteiger charge is -2.25. The number of amides is 2. The van der Waals surface area contributed by atoms with Crippen LogP contribution in [0.3, 0.4) is 0 Å². The van der Waals surface area contributed by atoms with Crippen molar-refractivity contribution in [3.63, 3.8) is 0 Å². The summed E-state index contributed by atoms with van der Waals surface area (Å²) >= 11 is 5.93. The van der Waals surface area contributed by atoms with E-state index in [1.54, 1.807) is 0 Å². The molecule has 0 aliphatic carbocycles. The van der Waals surface area contributed by atoms with Crippen LogP contribution in [0.2, 0.25) is 5.02 Å². The Morgan fingerprint density at radius 1 is 1.07 bits per heavy atom. The molecule has 1 atom stereocenters. The smallest absolute Gasteiger partial charge is 0.246 e. The maximum absolute atomic E-state index is 12.9. The van der Waals surface area contributed by atoms with Crippen LogP contribution in [0.5, 0.6) is 0 Å². The molecule has 1 unspecified atom stereocenters. The molecule has 1 aliphatic rings. The van der Waals surface area contributed by atoms with Crippen LogP contribution >= 0.6 is 11.6 Å². The number of carbonyl (C=O) groups excluding carboxylic acids is 2. The van der Waals surface area contributed by atoms with Gasteiger partial charge in [-0.15, -0.1) is 0 Å². The van der Waals surface area contributed by atoms with Gasteiger partial charge in [0.25, 0.3) is 0 Å². The number of nitrogens with one attached hydrogen (secondary N) is 1. The summed E-state index contributed by atoms with van der Waals surface area (Å²) in [5.41, 5.74) is 2.03. The molecular formula is C22H25ClN2O3. The predicted molar refractivity (Wildman–Crippen MR) is 109 cm³/mol. The summed E-state index contributed by atoms with van der Waals surface area (Å²) in [5, 5.41) is 3.52. The minimum atomic E-state index is -0.498. The average molecular weight is 401 g/mol. The number of halogens is 1. The van der Waals surface area contributed by atoms with E-state index in [0.29, 0.717) is 31.1 Å². The molecule has 1 aliphatic heterocycles. The van der Waals surface area contributed by atoms with Crippen LogP contribution in [0.25, 0.3) is 0 Å². The lowest BCUT2D eigenvalue weighted by atomic mass is 10.1. The number of carbonyl (C=O) groups is 2. The number of ether oxygens (including phenoxy) is 1. The van der Waals surface area contributed by atoms with Gasteiger partial charge < -0.3 is 15.0 Å². The van der Waals surface area contributed by atoms with Crippen molar-refractivity contribution in [3.05, 3.63) is 70.7 Å². The van der Waals surface area contributed by atoms with Crippen LogP contribution in [-0.4, -0.2) is 35.9 Å². The van der Waals surface area contributed by atoms with Crippen LogP contribution in [0.15, 0.2) is 54.6 Å². The highest BCUT2D eigenvalue weighted by Gasteiger charge is 2.28. The molecule has 1 heterocycles. The van der Waals surface area contributed by atoms with Gasteiger partial charge in [0, 0.05) is 18.1 Å². The second-order valence-corrected chi connectivity index (χ2v) is 7.42. The Labute approximate surface area is 170 Å². The van der Waals surface area contributed by atoms with Gasteiger partial charge in [0.1, 0.15) is 12.6 Å². The van der Waals surface area contributed by atoms with Gasteiger partial charge in [-0.05, 0) is 42.5 Å². The quantitative estimate of drug-likeness (QED) is 0.773. The molecule has 0 saturated carbocycles. The van der Waals surface area contributed by atoms with Crippen LogP contribution in [-0.2, 0) is 27.5 Å². The number of hydrogen-bond acceptors (Lipinski definition) is 3. The van der Waals surface area contributed by atoms with E-state index in [1.165, 1.54) is 0 Å². The van der Waals surface area contributed by atoms with E-state index in [2.05, 4.69) is 5.32 Å². The van der Waals surface area contributed by atoms with Gasteiger partial charge in [-0.1, -0.05) is 54.1 Å². The summed E-state index contributed by atoms with van der Waals surface area (Å²) in [6.07, 6.45) is 2.48. The monoisotopic (exact) mass is 400 g/mol. The summed E-state index contributed by atoms with van der Waals surface area (Å²) in [6.45, 7) is 1.52. The molecule has 1 N–H and O–H groups in total. The molecule has 6 heteroatoms. The van der Waals surface area contributed by atoms with E-state index in [9.17, 15) is 9.59 Å². The molecule has 1 saturated heterocycles. The Morgan fingerprint density at radius 3 is 2.57 bits per heavy atom. The normalized spacial score (nSPS) is 17.2. The summed E-state index contributed by atoms with van der Waals surface area (Å²) in [5.74, 6) is -0.300. The number of benzene rings is 2. The first-order chi connectivity index (χ1) is 13.6. The first kappa shape index (κ1) is 20.4. The second-order valence-electron chi connectivity index (χ2n) is 6.98. The second kappa shape index (κ2) is 10.2. The zero-order chi connectivity index (χ0) is 19.8. The van der Waals surface area contributed by atoms with E-state index < -0.39 is 6.04 Å². The van der Waals surface area contributed by atoms with E-state index in [4.69, 9.17) is 16.3 Å². The molecule has 5 nitrogen and oxygen atoms in total. The van der Waals surface area contributed by atoms with Crippen molar-refractivity contribution in [2.75, 3.05) is 13.2 Å². The van der Waals surface area contributed by atoms with Crippen LogP contribution in [0.1, 0.15) is 30.4 Å². The Hall–Kier alpha value is -2.37. The molecule has 0 spiro atoms. The van der Waals surface area contributed by atoms with Crippen LogP contribution in [0.4, 0.5) is 0 Å². The van der Waals surface area contributed by atoms with Crippen molar-refractivity contribution in [2.45, 2.75) is 38.5 Å². The molecule has 28 heavy (non-hydrogen) atoms. The van der Waals surface area contributed by atoms with Gasteiger partial charge in [0.05, 0.1) is 6.61 Å². The Bertz CT molecular complexity index is 780. The standard InChI is InChI=1S/C22H25ClN2O3/c23-19-11-9-17(10-12-19)14-25-13-5-4-8-20(22(25)27)24-21(26)16-28-15-18-6-2-1-3-7-18/h1-3,6-7,9-12,20H,4-5,8,13-16H2,(H,24,26). The van der Waals surface area contributed by atoms with Crippen LogP contribution < -0.4 is 5.32 Å². The first-order valence-corrected chi connectivity index (χ1v) is 9.94. The molecule has 148 valence electrons. The van der Waals surface area contributed by atoms with Crippen molar-refractivity contribution in [1.82, 2.24) is 10.2 Å². The summed E-state index contributed by atoms with van der Waals surface area (Å²) < 4.78 is 5.47. The summed E-state index contributed by atoms with van der Waals surface area (Å²) in [6, 6.07) is 16.7. The van der Waals surface area contributed by atoms with Gasteiger partial charge in [-0.3, -0.25) is 9.59 Å². The Kier molecular flexibility index (Phi) is 7.46. The first-order valence-electron chi connectivity index (χ1n) is 9.56. The fourth-order valence-electron chi connectivity index (χ4n) is 3.28. The van der Waals surface area contributed by atoms with Gasteiger partial charge in [-0.25, -0.2) is 0 Å². The van der Waals surface area contributed by atoms with Crippen molar-refractivity contribution < 1.29 is 14.3 Å². The molecule has 0 bridgehead atoms. The molecule has 2 aromatic rings. The summed E-state index contributed by atoms with van der Waals surface area (Å²) in [7, 11) is 0. The molecule has 2 amide bonds. The maximum Gasteiger partial charge on any atom is 0.246 e. The zero-order valence-corrected chi connectivity index (χ0v) is 16.5. The van der Waals surface area contributed by atoms with Gasteiger partial charge in [0.2, 0.25) is 11.8 Å². The van der Waals surface area contributed by atoms with E-state index in [1.807, 2.05) is 59.5 Å². The third-order valence-electron chi connectivity index (χ3n) is 4.75. The Balaban J connectivity index is 1.51. The third-order valence-corrected chi connectivity index (χ3v) is 5.00. The van der Waals surface area contributed by atoms with E-state index >= 15 is 0 Å². The van der Waals surface area contributed by atoms with Crippen molar-refractivity contribution in [3.8, 4) is 0 Å². The van der Waals surface area contributed by atoms with Crippen molar-refractivity contribution in [1.29, 1.82) is 0 Å². The highest BCUT2D eigenvalue weighted by Crippen LogP contribution is 2.17. The lowest BCUT2D eigenvalue weighted by molar-refractivity contribution is -0.137. The number of likely N-dealkylation sites (tertiary alicyclic amines) is 1. The molecule has 0 aromatic heterocycles. The van der Waals surface area contributed by atoms with Crippen molar-refractivity contribution in [2.24, 2.45) is 0 Å². The highest BCUT2D eigenvalue weighted by atomic mass is 35.5. The SMILES string of the molecule is O=C(COCc1ccccc1)NC1CCCCN(Cc2ccc(Cl)cc2)C1=O. The highest BCUT2D eigenvalue weighted by molar-refractivity contribution is 6.30. The van der Waals surface area contributed by atoms with Crippen LogP contribution in [0, 0.1) is 0 Å². The molecular weight excluding hydrogens is 376 g/mol. The average Bonchev–Trinajstić information content (AvgIpc) is 2.87. The molecule has 1 fully saturated rings. The zero-order valence-electron chi connectivity index (χ0n) is 15.8. The number of rotatable bonds is 7. The minimum absolute atomic E-state index is 0.0381. The lowest BCUT2D eigenvalue weighted by Crippen LogP contribution is -2.48. The maximum atomic E-state index is 12.9. The van der Waals surface area contributed by atoms with Gasteiger partial charge in [-0.2, -0.15) is 0 Å². The largest absolute Gasteiger partial charge is 0.367 e. The molecule has 0 radical (unpaired) electrons. The Morgan fingerprint density at radius 2 is 1.82 bits per heavy atom. The summed E-state index contributed by atoms with van der Waals surface area (Å²) in [4.78, 5) is 26.9. The fourth-order valence-corrected chi connectivity index (χ4v) is 3.40. The topological polar surface area (TPSA) is 58.6 Å². The fraction of sp³-hybridized carbons (Fsp3) is 0.364. The molecule has 2 aromatic carbocycles. The van der Waals surface area contributed by atoms with E-state index in [-0.39, 0.29) is 18.4 Å². The van der Waals surface area contributed by atoms with Gasteiger partial charge in [0.15, 0.2) is 0 Å². The molecule has 3 rings (SSSR count). The number of nitrogens with zero attached hydrogens (tertiary/aromatic N) is 1. The van der Waals surface area contributed by atoms with Gasteiger partial charge >= 0.3 is 0 Å². The third kappa shape index (κ3) is 6.08. The number of hydrogen-bond donors (Lipinski definition) is 1. The minimum Gasteiger partial charge on any atom is -0.367 e. The predicted octanol–water partition coefficient (Wildman–Crippen LogP) is 3.55.